The molecule has 2 N–H and O–H groups in total. The van der Waals surface area contributed by atoms with Gasteiger partial charge in [-0.2, -0.15) is 8.78 Å². The molecule has 0 spiro atoms. The Labute approximate surface area is 177 Å². The van der Waals surface area contributed by atoms with Crippen molar-refractivity contribution >= 4 is 62.9 Å². The molecule has 0 saturated carbocycles. The first-order valence-corrected chi connectivity index (χ1v) is 11.7. The Morgan fingerprint density at radius 3 is 2.71 bits per heavy atom. The highest BCUT2D eigenvalue weighted by molar-refractivity contribution is 8.01. The van der Waals surface area contributed by atoms with E-state index < -0.39 is 5.76 Å². The summed E-state index contributed by atoms with van der Waals surface area (Å²) >= 11 is 4.84. The second-order valence-corrected chi connectivity index (χ2v) is 9.66. The SMILES string of the molecule is O=C(CSc1nnc(Nc2ccc(SC(F)F)cc2)s1)NCCc1cccs1. The van der Waals surface area contributed by atoms with Gasteiger partial charge >= 0.3 is 0 Å². The number of aromatic nitrogens is 2. The summed E-state index contributed by atoms with van der Waals surface area (Å²) in [5.74, 6) is -2.20. The number of thioether (sulfide) groups is 2. The van der Waals surface area contributed by atoms with E-state index in [0.29, 0.717) is 32.7 Å². The van der Waals surface area contributed by atoms with E-state index in [2.05, 4.69) is 20.8 Å². The lowest BCUT2D eigenvalue weighted by molar-refractivity contribution is -0.118. The summed E-state index contributed by atoms with van der Waals surface area (Å²) in [4.78, 5) is 13.7. The lowest BCUT2D eigenvalue weighted by atomic mass is 10.3. The molecule has 0 aliphatic carbocycles. The standard InChI is InChI=1S/C17H16F2N4OS4/c18-15(19)27-13-5-3-11(4-6-13)21-16-22-23-17(28-16)26-10-14(24)20-8-7-12-2-1-9-25-12/h1-6,9,15H,7-8,10H2,(H,20,24)(H,21,22). The Balaban J connectivity index is 1.40. The van der Waals surface area contributed by atoms with Crippen LogP contribution in [-0.2, 0) is 11.2 Å². The molecule has 3 rings (SSSR count). The second-order valence-electron chi connectivity index (χ2n) is 5.37. The molecule has 0 saturated heterocycles. The third-order valence-corrected chi connectivity index (χ3v) is 6.97. The maximum atomic E-state index is 12.3. The molecule has 0 bridgehead atoms. The Hall–Kier alpha value is -1.69. The Morgan fingerprint density at radius 1 is 1.18 bits per heavy atom. The molecule has 0 fully saturated rings. The van der Waals surface area contributed by atoms with E-state index in [-0.39, 0.29) is 11.7 Å². The number of rotatable bonds is 10. The van der Waals surface area contributed by atoms with Gasteiger partial charge in [-0.3, -0.25) is 4.79 Å². The highest BCUT2D eigenvalue weighted by Gasteiger charge is 2.09. The van der Waals surface area contributed by atoms with Gasteiger partial charge < -0.3 is 10.6 Å². The Morgan fingerprint density at radius 2 is 2.00 bits per heavy atom. The van der Waals surface area contributed by atoms with Crippen molar-refractivity contribution in [2.45, 2.75) is 21.4 Å². The van der Waals surface area contributed by atoms with Crippen LogP contribution in [0.2, 0.25) is 0 Å². The van der Waals surface area contributed by atoms with E-state index in [9.17, 15) is 13.6 Å². The summed E-state index contributed by atoms with van der Waals surface area (Å²) in [5, 5.41) is 16.7. The lowest BCUT2D eigenvalue weighted by Crippen LogP contribution is -2.27. The fraction of sp³-hybridized carbons (Fsp3) is 0.235. The van der Waals surface area contributed by atoms with Crippen LogP contribution in [0.1, 0.15) is 4.88 Å². The molecule has 0 radical (unpaired) electrons. The van der Waals surface area contributed by atoms with E-state index in [1.807, 2.05) is 17.5 Å². The van der Waals surface area contributed by atoms with Crippen molar-refractivity contribution in [3.05, 3.63) is 46.7 Å². The number of hydrogen-bond donors (Lipinski definition) is 2. The molecular weight excluding hydrogens is 442 g/mol. The number of alkyl halides is 2. The Bertz CT molecular complexity index is 872. The highest BCUT2D eigenvalue weighted by Crippen LogP contribution is 2.29. The highest BCUT2D eigenvalue weighted by atomic mass is 32.2. The number of anilines is 2. The van der Waals surface area contributed by atoms with E-state index in [1.54, 1.807) is 35.6 Å². The first-order chi connectivity index (χ1) is 13.6. The maximum Gasteiger partial charge on any atom is 0.288 e. The fourth-order valence-corrected chi connectivity index (χ4v) is 4.93. The minimum Gasteiger partial charge on any atom is -0.355 e. The van der Waals surface area contributed by atoms with Gasteiger partial charge in [-0.25, -0.2) is 0 Å². The average molecular weight is 459 g/mol. The molecule has 2 aromatic heterocycles. The zero-order valence-corrected chi connectivity index (χ0v) is 17.7. The smallest absolute Gasteiger partial charge is 0.288 e. The lowest BCUT2D eigenvalue weighted by Gasteiger charge is -2.04. The summed E-state index contributed by atoms with van der Waals surface area (Å²) in [6.07, 6.45) is 0.829. The minimum absolute atomic E-state index is 0.0432. The molecule has 0 unspecified atom stereocenters. The molecule has 2 heterocycles. The Kier molecular flexibility index (Phi) is 8.07. The third kappa shape index (κ3) is 7.04. The number of hydrogen-bond acceptors (Lipinski definition) is 8. The number of nitrogens with one attached hydrogen (secondary N) is 2. The molecule has 1 amide bonds. The molecule has 0 aliphatic heterocycles. The normalized spacial score (nSPS) is 11.0. The van der Waals surface area contributed by atoms with Gasteiger partial charge in [0.05, 0.1) is 5.75 Å². The molecule has 0 atom stereocenters. The molecular formula is C17H16F2N4OS4. The molecule has 148 valence electrons. The van der Waals surface area contributed by atoms with Crippen LogP contribution in [0.4, 0.5) is 19.6 Å². The van der Waals surface area contributed by atoms with Crippen molar-refractivity contribution in [3.8, 4) is 0 Å². The van der Waals surface area contributed by atoms with Crippen LogP contribution in [0, 0.1) is 0 Å². The van der Waals surface area contributed by atoms with Crippen molar-refractivity contribution in [3.63, 3.8) is 0 Å². The fourth-order valence-electron chi connectivity index (χ4n) is 2.12. The first-order valence-electron chi connectivity index (χ1n) is 8.16. The first kappa shape index (κ1) is 21.0. The number of carbonyl (C=O) groups is 1. The molecule has 5 nitrogen and oxygen atoms in total. The van der Waals surface area contributed by atoms with Crippen LogP contribution >= 0.6 is 46.2 Å². The summed E-state index contributed by atoms with van der Waals surface area (Å²) in [6, 6.07) is 10.7. The number of nitrogens with zero attached hydrogens (tertiary/aromatic N) is 2. The van der Waals surface area contributed by atoms with E-state index in [1.165, 1.54) is 28.0 Å². The van der Waals surface area contributed by atoms with Crippen molar-refractivity contribution in [1.29, 1.82) is 0 Å². The van der Waals surface area contributed by atoms with Crippen LogP contribution in [0.3, 0.4) is 0 Å². The van der Waals surface area contributed by atoms with E-state index in [4.69, 9.17) is 0 Å². The number of carbonyl (C=O) groups excluding carboxylic acids is 1. The third-order valence-electron chi connectivity index (χ3n) is 3.34. The van der Waals surface area contributed by atoms with E-state index >= 15 is 0 Å². The largest absolute Gasteiger partial charge is 0.355 e. The summed E-state index contributed by atoms with van der Waals surface area (Å²) in [6.45, 7) is 0.614. The van der Waals surface area contributed by atoms with Crippen molar-refractivity contribution in [1.82, 2.24) is 15.5 Å². The van der Waals surface area contributed by atoms with Gasteiger partial charge in [0.15, 0.2) is 4.34 Å². The van der Waals surface area contributed by atoms with Gasteiger partial charge in [0, 0.05) is 22.0 Å². The average Bonchev–Trinajstić information content (AvgIpc) is 3.33. The quantitative estimate of drug-likeness (QED) is 0.412. The van der Waals surface area contributed by atoms with Gasteiger partial charge in [0.2, 0.25) is 11.0 Å². The molecule has 11 heteroatoms. The van der Waals surface area contributed by atoms with E-state index in [0.717, 1.165) is 12.1 Å². The zero-order valence-electron chi connectivity index (χ0n) is 14.4. The topological polar surface area (TPSA) is 66.9 Å². The number of thiophene rings is 1. The van der Waals surface area contributed by atoms with Crippen LogP contribution in [-0.4, -0.2) is 34.2 Å². The number of halogens is 2. The zero-order chi connectivity index (χ0) is 19.8. The van der Waals surface area contributed by atoms with Gasteiger partial charge in [-0.05, 0) is 42.1 Å². The number of benzene rings is 1. The predicted octanol–water partition coefficient (Wildman–Crippen LogP) is 5.11. The maximum absolute atomic E-state index is 12.3. The minimum atomic E-state index is -2.44. The number of amides is 1. The molecule has 28 heavy (non-hydrogen) atoms. The van der Waals surface area contributed by atoms with Crippen molar-refractivity contribution in [2.75, 3.05) is 17.6 Å². The van der Waals surface area contributed by atoms with Gasteiger partial charge in [0.1, 0.15) is 0 Å². The predicted molar refractivity (Wildman–Crippen MR) is 113 cm³/mol. The van der Waals surface area contributed by atoms with Crippen LogP contribution in [0.5, 0.6) is 0 Å². The summed E-state index contributed by atoms with van der Waals surface area (Å²) < 4.78 is 25.3. The summed E-state index contributed by atoms with van der Waals surface area (Å²) in [5.41, 5.74) is 0.734. The van der Waals surface area contributed by atoms with Gasteiger partial charge in [-0.1, -0.05) is 40.9 Å². The van der Waals surface area contributed by atoms with Crippen molar-refractivity contribution < 1.29 is 13.6 Å². The van der Waals surface area contributed by atoms with Crippen LogP contribution < -0.4 is 10.6 Å². The second kappa shape index (κ2) is 10.7. The van der Waals surface area contributed by atoms with Crippen molar-refractivity contribution in [2.24, 2.45) is 0 Å². The van der Waals surface area contributed by atoms with Gasteiger partial charge in [0.25, 0.3) is 5.76 Å². The monoisotopic (exact) mass is 458 g/mol. The van der Waals surface area contributed by atoms with Crippen LogP contribution in [0.25, 0.3) is 0 Å². The molecule has 1 aromatic carbocycles. The molecule has 3 aromatic rings. The van der Waals surface area contributed by atoms with Gasteiger partial charge in [-0.15, -0.1) is 21.5 Å². The van der Waals surface area contributed by atoms with Crippen LogP contribution in [0.15, 0.2) is 51.0 Å². The molecule has 0 aliphatic rings. The summed E-state index contributed by atoms with van der Waals surface area (Å²) in [7, 11) is 0.